The highest BCUT2D eigenvalue weighted by molar-refractivity contribution is 7.13. The minimum atomic E-state index is -4.72. The number of ether oxygens (including phenoxy) is 1. The fourth-order valence-corrected chi connectivity index (χ4v) is 10.1. The van der Waals surface area contributed by atoms with Crippen molar-refractivity contribution < 1.29 is 37.1 Å². The largest absolute Gasteiger partial charge is 0.417 e. The number of aromatic nitrogens is 3. The number of carbonyl (C=O) groups excluding carboxylic acids is 4. The smallest absolute Gasteiger partial charge is 0.389 e. The minimum Gasteiger partial charge on any atom is -0.389 e. The lowest BCUT2D eigenvalue weighted by atomic mass is 9.79. The lowest BCUT2D eigenvalue weighted by Gasteiger charge is -2.35. The predicted molar refractivity (Wildman–Crippen MR) is 256 cm³/mol. The second kappa shape index (κ2) is 22.5. The highest BCUT2D eigenvalue weighted by Gasteiger charge is 2.59. The van der Waals surface area contributed by atoms with E-state index in [1.54, 1.807) is 29.2 Å². The molecule has 0 spiro atoms. The Morgan fingerprint density at radius 3 is 2.53 bits per heavy atom. The standard InChI is InChI=1S/C49H59F3N12O5S/c1-30(25-55-15-14-38(54)34-10-11-35(24-53)37(22-34)49(50,51)52)58-45(66)39-23-36(60-61-39)28-69-21-5-16-62-17-19-63(20-18-62)27-42(65)59-44-47(68)64-40(12-13-41(64)48(44,3)4)46(67)56-26-32-6-8-33(9-7-32)43-31(2)57-29-70-43/h6-11,14-15,22-23,29-30,40-41,44,54-55H,5,12-13,16-21,25-28H2,1-4H3,(H,56,67)(H,58,66)(H,59,65)(H,60,61)/b15-14-,54-38?/t30-,40-,41?,44+/m0/s1. The molecule has 4 aromatic rings. The number of allylic oxidation sites excluding steroid dienone is 1. The average molecular weight is 985 g/mol. The molecule has 2 aromatic carbocycles. The molecule has 21 heteroatoms. The Balaban J connectivity index is 0.752. The minimum absolute atomic E-state index is 0.00163. The number of halogens is 3. The van der Waals surface area contributed by atoms with Gasteiger partial charge < -0.3 is 41.2 Å². The van der Waals surface area contributed by atoms with Gasteiger partial charge >= 0.3 is 6.18 Å². The van der Waals surface area contributed by atoms with E-state index in [-0.39, 0.29) is 66.5 Å². The summed E-state index contributed by atoms with van der Waals surface area (Å²) < 4.78 is 45.7. The van der Waals surface area contributed by atoms with Gasteiger partial charge in [0.25, 0.3) is 5.91 Å². The van der Waals surface area contributed by atoms with Crippen LogP contribution < -0.4 is 21.3 Å². The highest BCUT2D eigenvalue weighted by atomic mass is 32.1. The second-order valence-corrected chi connectivity index (χ2v) is 19.4. The van der Waals surface area contributed by atoms with Crippen LogP contribution in [0.15, 0.2) is 66.3 Å². The van der Waals surface area contributed by atoms with Crippen molar-refractivity contribution in [2.45, 2.75) is 90.5 Å². The molecule has 17 nitrogen and oxygen atoms in total. The number of hydrogen-bond acceptors (Lipinski definition) is 13. The third-order valence-electron chi connectivity index (χ3n) is 13.2. The number of carbonyl (C=O) groups is 4. The van der Waals surface area contributed by atoms with E-state index < -0.39 is 40.7 Å². The van der Waals surface area contributed by atoms with Crippen LogP contribution in [0.4, 0.5) is 13.2 Å². The van der Waals surface area contributed by atoms with E-state index in [0.29, 0.717) is 44.8 Å². The number of aryl methyl sites for hydroxylation is 1. The maximum atomic E-state index is 13.9. The zero-order chi connectivity index (χ0) is 50.2. The number of hydrogen-bond donors (Lipinski definition) is 6. The van der Waals surface area contributed by atoms with Gasteiger partial charge in [-0.05, 0) is 74.7 Å². The molecule has 6 N–H and O–H groups in total. The highest BCUT2D eigenvalue weighted by Crippen LogP contribution is 2.45. The molecule has 5 heterocycles. The molecule has 372 valence electrons. The molecule has 2 aromatic heterocycles. The van der Waals surface area contributed by atoms with Crippen LogP contribution in [0.1, 0.15) is 84.2 Å². The van der Waals surface area contributed by atoms with Gasteiger partial charge in [-0.1, -0.05) is 44.2 Å². The van der Waals surface area contributed by atoms with Gasteiger partial charge in [0.1, 0.15) is 17.8 Å². The third kappa shape index (κ3) is 12.5. The van der Waals surface area contributed by atoms with E-state index in [1.807, 2.05) is 50.5 Å². The molecular weight excluding hydrogens is 926 g/mol. The molecule has 3 saturated heterocycles. The fraction of sp³-hybridized carbons (Fsp3) is 0.469. The van der Waals surface area contributed by atoms with Crippen molar-refractivity contribution in [3.05, 3.63) is 106 Å². The Morgan fingerprint density at radius 2 is 1.83 bits per heavy atom. The number of amides is 4. The number of aromatic amines is 1. The Labute approximate surface area is 408 Å². The zero-order valence-corrected chi connectivity index (χ0v) is 40.4. The van der Waals surface area contributed by atoms with E-state index in [9.17, 15) is 32.3 Å². The van der Waals surface area contributed by atoms with Crippen LogP contribution >= 0.6 is 11.3 Å². The van der Waals surface area contributed by atoms with Crippen LogP contribution in [0, 0.1) is 29.1 Å². The normalized spacial score (nSPS) is 19.7. The number of piperazine rings is 1. The number of alkyl halides is 3. The molecule has 3 fully saturated rings. The van der Waals surface area contributed by atoms with Gasteiger partial charge in [-0.3, -0.25) is 29.2 Å². The summed E-state index contributed by atoms with van der Waals surface area (Å²) in [6.07, 6.45) is 0.0128. The zero-order valence-electron chi connectivity index (χ0n) is 39.6. The Hall–Kier alpha value is -6.47. The number of rotatable bonds is 20. The van der Waals surface area contributed by atoms with Gasteiger partial charge in [-0.15, -0.1) is 11.3 Å². The van der Waals surface area contributed by atoms with E-state index >= 15 is 0 Å². The summed E-state index contributed by atoms with van der Waals surface area (Å²) in [4.78, 5) is 65.1. The maximum Gasteiger partial charge on any atom is 0.417 e. The van der Waals surface area contributed by atoms with Crippen molar-refractivity contribution in [1.82, 2.24) is 51.1 Å². The van der Waals surface area contributed by atoms with Crippen molar-refractivity contribution in [2.75, 3.05) is 52.4 Å². The summed E-state index contributed by atoms with van der Waals surface area (Å²) in [5, 5.41) is 35.8. The first-order valence-electron chi connectivity index (χ1n) is 23.3. The lowest BCUT2D eigenvalue weighted by molar-refractivity contribution is -0.139. The van der Waals surface area contributed by atoms with E-state index in [4.69, 9.17) is 15.4 Å². The van der Waals surface area contributed by atoms with Crippen LogP contribution in [0.25, 0.3) is 10.4 Å². The summed E-state index contributed by atoms with van der Waals surface area (Å²) in [5.74, 6) is -1.01. The quantitative estimate of drug-likeness (QED) is 0.0524. The van der Waals surface area contributed by atoms with Gasteiger partial charge in [-0.25, -0.2) is 4.98 Å². The molecule has 4 amide bonds. The first kappa shape index (κ1) is 51.4. The molecule has 3 aliphatic rings. The third-order valence-corrected chi connectivity index (χ3v) is 14.1. The number of nitrogens with one attached hydrogen (secondary N) is 6. The SMILES string of the molecule is Cc1ncsc1-c1ccc(CNC(=O)[C@@H]2CCC3N2C(=O)[C@@H](NC(=O)CN2CCN(CCCOCc4cc(C(=O)N[C@@H](C)CN/C=C\C(=N)c5ccc(C#N)c(C(F)(F)F)c5)n[nH]4)CC2)C3(C)C)cc1. The number of benzene rings is 2. The topological polar surface area (TPSA) is 225 Å². The van der Waals surface area contributed by atoms with Crippen molar-refractivity contribution >= 4 is 40.7 Å². The van der Waals surface area contributed by atoms with Gasteiger partial charge in [0, 0.05) is 75.5 Å². The Kier molecular flexibility index (Phi) is 16.5. The molecule has 3 aliphatic heterocycles. The summed E-state index contributed by atoms with van der Waals surface area (Å²) >= 11 is 1.59. The average Bonchev–Trinajstić information content (AvgIpc) is 4.14. The van der Waals surface area contributed by atoms with Crippen LogP contribution in [-0.4, -0.2) is 136 Å². The number of thiazole rings is 1. The van der Waals surface area contributed by atoms with E-state index in [0.717, 1.165) is 59.9 Å². The van der Waals surface area contributed by atoms with Gasteiger partial charge in [0.15, 0.2) is 0 Å². The molecule has 4 atom stereocenters. The first-order valence-corrected chi connectivity index (χ1v) is 24.2. The van der Waals surface area contributed by atoms with Gasteiger partial charge in [0.05, 0.1) is 57.8 Å². The molecular formula is C49H59F3N12O5S. The maximum absolute atomic E-state index is 13.9. The number of H-pyrrole nitrogens is 1. The molecule has 0 aliphatic carbocycles. The monoisotopic (exact) mass is 984 g/mol. The molecule has 70 heavy (non-hydrogen) atoms. The summed E-state index contributed by atoms with van der Waals surface area (Å²) in [5.41, 5.74) is 3.31. The van der Waals surface area contributed by atoms with Crippen LogP contribution in [0.2, 0.25) is 0 Å². The van der Waals surface area contributed by atoms with Crippen molar-refractivity contribution in [3.8, 4) is 16.5 Å². The van der Waals surface area contributed by atoms with Crippen molar-refractivity contribution in [3.63, 3.8) is 0 Å². The second-order valence-electron chi connectivity index (χ2n) is 18.6. The molecule has 7 rings (SSSR count). The van der Waals surface area contributed by atoms with Crippen LogP contribution in [-0.2, 0) is 38.4 Å². The van der Waals surface area contributed by atoms with Gasteiger partial charge in [0.2, 0.25) is 17.7 Å². The van der Waals surface area contributed by atoms with Crippen LogP contribution in [0.5, 0.6) is 0 Å². The molecule has 0 saturated carbocycles. The van der Waals surface area contributed by atoms with Crippen molar-refractivity contribution in [1.29, 1.82) is 10.7 Å². The predicted octanol–water partition coefficient (Wildman–Crippen LogP) is 4.75. The molecule has 1 unspecified atom stereocenters. The number of nitrogens with zero attached hydrogens (tertiary/aromatic N) is 6. The molecule has 0 radical (unpaired) electrons. The van der Waals surface area contributed by atoms with Crippen LogP contribution in [0.3, 0.4) is 0 Å². The van der Waals surface area contributed by atoms with Gasteiger partial charge in [-0.2, -0.15) is 23.5 Å². The summed E-state index contributed by atoms with van der Waals surface area (Å²) in [7, 11) is 0. The Bertz CT molecular complexity index is 2600. The van der Waals surface area contributed by atoms with E-state index in [1.165, 1.54) is 24.4 Å². The number of nitriles is 1. The van der Waals surface area contributed by atoms with Crippen molar-refractivity contribution in [2.24, 2.45) is 5.41 Å². The number of fused-ring (bicyclic) bond motifs is 1. The first-order chi connectivity index (χ1) is 33.4. The summed E-state index contributed by atoms with van der Waals surface area (Å²) in [6.45, 7) is 13.0. The van der Waals surface area contributed by atoms with E-state index in [2.05, 4.69) is 46.2 Å². The lowest BCUT2D eigenvalue weighted by Crippen LogP contribution is -2.54. The fourth-order valence-electron chi connectivity index (χ4n) is 9.25. The summed E-state index contributed by atoms with van der Waals surface area (Å²) in [6, 6.07) is 12.4. The molecule has 0 bridgehead atoms. The Morgan fingerprint density at radius 1 is 1.09 bits per heavy atom.